The maximum Gasteiger partial charge on any atom is 0.170 e. The van der Waals surface area contributed by atoms with E-state index in [4.69, 9.17) is 28.6 Å². The van der Waals surface area contributed by atoms with Crippen molar-refractivity contribution in [2.75, 3.05) is 20.3 Å². The third kappa shape index (κ3) is 3.63. The van der Waals surface area contributed by atoms with Crippen molar-refractivity contribution in [3.63, 3.8) is 0 Å². The van der Waals surface area contributed by atoms with Crippen molar-refractivity contribution in [2.45, 2.75) is 12.1 Å². The Labute approximate surface area is 174 Å². The Morgan fingerprint density at radius 1 is 1.18 bits per heavy atom. The number of hydrogen-bond acceptors (Lipinski definition) is 3. The van der Waals surface area contributed by atoms with Crippen LogP contribution >= 0.6 is 23.8 Å². The second-order valence-corrected chi connectivity index (χ2v) is 7.42. The maximum absolute atomic E-state index is 6.24. The number of ether oxygens (including phenoxy) is 1. The first-order valence-electron chi connectivity index (χ1n) is 9.09. The lowest BCUT2D eigenvalue weighted by molar-refractivity contribution is 0.163. The van der Waals surface area contributed by atoms with Crippen molar-refractivity contribution >= 4 is 28.9 Å². The minimum Gasteiger partial charge on any atom is -0.383 e. The lowest BCUT2D eigenvalue weighted by atomic mass is 10.0. The molecule has 28 heavy (non-hydrogen) atoms. The summed E-state index contributed by atoms with van der Waals surface area (Å²) >= 11 is 11.9. The molecule has 2 atom stereocenters. The first-order valence-corrected chi connectivity index (χ1v) is 9.88. The van der Waals surface area contributed by atoms with E-state index in [2.05, 4.69) is 25.8 Å². The van der Waals surface area contributed by atoms with E-state index in [-0.39, 0.29) is 12.1 Å². The summed E-state index contributed by atoms with van der Waals surface area (Å²) in [6, 6.07) is 17.9. The molecule has 1 aliphatic heterocycles. The predicted octanol–water partition coefficient (Wildman–Crippen LogP) is 4.14. The van der Waals surface area contributed by atoms with E-state index >= 15 is 0 Å². The van der Waals surface area contributed by atoms with Gasteiger partial charge in [-0.25, -0.2) is 0 Å². The van der Waals surface area contributed by atoms with E-state index in [1.54, 1.807) is 7.11 Å². The Hall–Kier alpha value is -2.41. The van der Waals surface area contributed by atoms with Gasteiger partial charge in [0.2, 0.25) is 0 Å². The summed E-state index contributed by atoms with van der Waals surface area (Å²) in [5.74, 6) is 0. The lowest BCUT2D eigenvalue weighted by Gasteiger charge is -2.28. The SMILES string of the molecule is COCCN1C(=S)N[C@@H](c2ccccn2)[C@@H]1c1cccn1-c1cccc(Cl)c1. The molecule has 1 N–H and O–H groups in total. The van der Waals surface area contributed by atoms with Crippen LogP contribution in [0.15, 0.2) is 67.0 Å². The van der Waals surface area contributed by atoms with Gasteiger partial charge in [-0.15, -0.1) is 0 Å². The van der Waals surface area contributed by atoms with Gasteiger partial charge in [0, 0.05) is 42.5 Å². The van der Waals surface area contributed by atoms with E-state index in [9.17, 15) is 0 Å². The molecule has 5 nitrogen and oxygen atoms in total. The van der Waals surface area contributed by atoms with Crippen LogP contribution in [-0.4, -0.2) is 39.8 Å². The topological polar surface area (TPSA) is 42.3 Å². The number of rotatable bonds is 6. The minimum atomic E-state index is -0.0570. The molecule has 0 radical (unpaired) electrons. The zero-order valence-corrected chi connectivity index (χ0v) is 17.0. The summed E-state index contributed by atoms with van der Waals surface area (Å²) in [4.78, 5) is 6.75. The fourth-order valence-corrected chi connectivity index (χ4v) is 4.17. The molecule has 7 heteroatoms. The second-order valence-electron chi connectivity index (χ2n) is 6.60. The summed E-state index contributed by atoms with van der Waals surface area (Å²) < 4.78 is 7.48. The summed E-state index contributed by atoms with van der Waals surface area (Å²) in [5.41, 5.74) is 3.08. The molecule has 0 amide bonds. The summed E-state index contributed by atoms with van der Waals surface area (Å²) in [6.45, 7) is 1.28. The average Bonchev–Trinajstić information content (AvgIpc) is 3.31. The third-order valence-electron chi connectivity index (χ3n) is 4.90. The Balaban J connectivity index is 1.79. The maximum atomic E-state index is 6.24. The molecule has 1 aromatic carbocycles. The molecular weight excluding hydrogens is 392 g/mol. The zero-order valence-electron chi connectivity index (χ0n) is 15.5. The van der Waals surface area contributed by atoms with E-state index < -0.39 is 0 Å². The Bertz CT molecular complexity index is 962. The Kier molecular flexibility index (Phi) is 5.62. The molecular formula is C21H21ClN4OS. The molecule has 1 saturated heterocycles. The molecule has 2 aromatic heterocycles. The van der Waals surface area contributed by atoms with Gasteiger partial charge in [0.1, 0.15) is 0 Å². The quantitative estimate of drug-likeness (QED) is 0.616. The number of nitrogens with one attached hydrogen (secondary N) is 1. The van der Waals surface area contributed by atoms with Gasteiger partial charge < -0.3 is 19.5 Å². The number of aromatic nitrogens is 2. The van der Waals surface area contributed by atoms with Crippen molar-refractivity contribution in [2.24, 2.45) is 0 Å². The number of nitrogens with zero attached hydrogens (tertiary/aromatic N) is 3. The van der Waals surface area contributed by atoms with Crippen molar-refractivity contribution in [3.05, 3.63) is 83.4 Å². The van der Waals surface area contributed by atoms with Gasteiger partial charge in [0.05, 0.1) is 24.4 Å². The number of benzene rings is 1. The van der Waals surface area contributed by atoms with Gasteiger partial charge >= 0.3 is 0 Å². The van der Waals surface area contributed by atoms with Gasteiger partial charge in [-0.05, 0) is 54.7 Å². The Morgan fingerprint density at radius 2 is 2.07 bits per heavy atom. The lowest BCUT2D eigenvalue weighted by Crippen LogP contribution is -2.33. The molecule has 1 aliphatic rings. The second kappa shape index (κ2) is 8.31. The molecule has 0 unspecified atom stereocenters. The molecule has 1 fully saturated rings. The van der Waals surface area contributed by atoms with Gasteiger partial charge in [-0.3, -0.25) is 4.98 Å². The first kappa shape index (κ1) is 18.9. The third-order valence-corrected chi connectivity index (χ3v) is 5.49. The van der Waals surface area contributed by atoms with Crippen LogP contribution in [0.2, 0.25) is 5.02 Å². The van der Waals surface area contributed by atoms with Gasteiger partial charge in [0.15, 0.2) is 5.11 Å². The summed E-state index contributed by atoms with van der Waals surface area (Å²) in [7, 11) is 1.70. The van der Waals surface area contributed by atoms with Gasteiger partial charge in [-0.2, -0.15) is 0 Å². The van der Waals surface area contributed by atoms with E-state index in [0.29, 0.717) is 23.3 Å². The molecule has 3 heterocycles. The highest BCUT2D eigenvalue weighted by atomic mass is 35.5. The van der Waals surface area contributed by atoms with E-state index in [1.165, 1.54) is 0 Å². The molecule has 144 valence electrons. The summed E-state index contributed by atoms with van der Waals surface area (Å²) in [6.07, 6.45) is 3.86. The number of pyridine rings is 1. The van der Waals surface area contributed by atoms with Crippen LogP contribution < -0.4 is 5.32 Å². The number of thiocarbonyl (C=S) groups is 1. The largest absolute Gasteiger partial charge is 0.383 e. The predicted molar refractivity (Wildman–Crippen MR) is 115 cm³/mol. The van der Waals surface area contributed by atoms with Crippen LogP contribution in [0.1, 0.15) is 23.5 Å². The monoisotopic (exact) mass is 412 g/mol. The van der Waals surface area contributed by atoms with Crippen molar-refractivity contribution < 1.29 is 4.74 Å². The van der Waals surface area contributed by atoms with Crippen LogP contribution in [0.25, 0.3) is 5.69 Å². The molecule has 0 aliphatic carbocycles. The highest BCUT2D eigenvalue weighted by Gasteiger charge is 2.41. The van der Waals surface area contributed by atoms with E-state index in [1.807, 2.05) is 60.9 Å². The van der Waals surface area contributed by atoms with Crippen LogP contribution in [-0.2, 0) is 4.74 Å². The van der Waals surface area contributed by atoms with Crippen molar-refractivity contribution in [1.82, 2.24) is 19.8 Å². The highest BCUT2D eigenvalue weighted by molar-refractivity contribution is 7.80. The van der Waals surface area contributed by atoms with Crippen LogP contribution in [0.3, 0.4) is 0 Å². The highest BCUT2D eigenvalue weighted by Crippen LogP contribution is 2.39. The molecule has 0 bridgehead atoms. The van der Waals surface area contributed by atoms with Gasteiger partial charge in [-0.1, -0.05) is 23.7 Å². The molecule has 3 aromatic rings. The van der Waals surface area contributed by atoms with Crippen LogP contribution in [0.4, 0.5) is 0 Å². The van der Waals surface area contributed by atoms with Crippen LogP contribution in [0.5, 0.6) is 0 Å². The Morgan fingerprint density at radius 3 is 2.82 bits per heavy atom. The van der Waals surface area contributed by atoms with Gasteiger partial charge in [0.25, 0.3) is 0 Å². The number of halogens is 1. The average molecular weight is 413 g/mol. The molecule has 0 saturated carbocycles. The normalized spacial score (nSPS) is 19.1. The zero-order chi connectivity index (χ0) is 19.5. The minimum absolute atomic E-state index is 0.0217. The van der Waals surface area contributed by atoms with Crippen molar-refractivity contribution in [1.29, 1.82) is 0 Å². The molecule has 4 rings (SSSR count). The molecule has 0 spiro atoms. The number of methoxy groups -OCH3 is 1. The van der Waals surface area contributed by atoms with E-state index in [0.717, 1.165) is 17.1 Å². The smallest absolute Gasteiger partial charge is 0.170 e. The first-order chi connectivity index (χ1) is 13.7. The van der Waals surface area contributed by atoms with Crippen LogP contribution in [0, 0.1) is 0 Å². The van der Waals surface area contributed by atoms with Crippen molar-refractivity contribution in [3.8, 4) is 5.69 Å². The fraction of sp³-hybridized carbons (Fsp3) is 0.238. The standard InChI is InChI=1S/C21H21ClN4OS/c1-27-13-12-26-20(19(24-21(26)28)17-8-2-3-10-23-17)18-9-5-11-25(18)16-7-4-6-15(22)14-16/h2-11,14,19-20H,12-13H2,1H3,(H,24,28)/t19-,20-/m0/s1. The number of hydrogen-bond donors (Lipinski definition) is 1. The summed E-state index contributed by atoms with van der Waals surface area (Å²) in [5, 5.41) is 4.87. The fourth-order valence-electron chi connectivity index (χ4n) is 3.65.